The second kappa shape index (κ2) is 7.29. The average Bonchev–Trinajstić information content (AvgIpc) is 2.27. The molecule has 1 aromatic carbocycles. The molecule has 1 amide bonds. The Labute approximate surface area is 109 Å². The summed E-state index contributed by atoms with van der Waals surface area (Å²) in [6.07, 6.45) is 0.139. The summed E-state index contributed by atoms with van der Waals surface area (Å²) in [4.78, 5) is 11.4. The Morgan fingerprint density at radius 2 is 2.24 bits per heavy atom. The summed E-state index contributed by atoms with van der Waals surface area (Å²) < 4.78 is 6.15. The Morgan fingerprint density at radius 1 is 1.53 bits per heavy atom. The van der Waals surface area contributed by atoms with Crippen molar-refractivity contribution in [3.8, 4) is 5.75 Å². The van der Waals surface area contributed by atoms with Crippen molar-refractivity contribution in [1.82, 2.24) is 5.32 Å². The fraction of sp³-hybridized carbons (Fsp3) is 0.417. The number of hydrogen-bond donors (Lipinski definition) is 2. The highest BCUT2D eigenvalue weighted by atomic mass is 79.9. The van der Waals surface area contributed by atoms with Crippen LogP contribution in [0.5, 0.6) is 5.75 Å². The van der Waals surface area contributed by atoms with E-state index in [1.165, 1.54) is 0 Å². The van der Waals surface area contributed by atoms with Gasteiger partial charge in [0.2, 0.25) is 0 Å². The minimum atomic E-state index is -0.403. The van der Waals surface area contributed by atoms with Crippen LogP contribution in [0.3, 0.4) is 0 Å². The first kappa shape index (κ1) is 14.0. The highest BCUT2D eigenvalue weighted by Crippen LogP contribution is 2.23. The molecule has 0 radical (unpaired) electrons. The molecule has 0 aliphatic carbocycles. The van der Waals surface area contributed by atoms with Gasteiger partial charge in [0.05, 0.1) is 10.6 Å². The molecule has 0 spiro atoms. The fourth-order valence-electron chi connectivity index (χ4n) is 1.18. The monoisotopic (exact) mass is 301 g/mol. The number of benzene rings is 1. The number of carbonyl (C=O) groups is 1. The van der Waals surface area contributed by atoms with Crippen LogP contribution in [0.4, 0.5) is 0 Å². The predicted molar refractivity (Wildman–Crippen MR) is 68.9 cm³/mol. The van der Waals surface area contributed by atoms with Crippen LogP contribution in [0.2, 0.25) is 0 Å². The lowest BCUT2D eigenvalue weighted by atomic mass is 10.3. The lowest BCUT2D eigenvalue weighted by molar-refractivity contribution is -0.123. The molecule has 5 heteroatoms. The Kier molecular flexibility index (Phi) is 6.00. The number of amides is 1. The average molecular weight is 302 g/mol. The number of ether oxygens (including phenoxy) is 1. The van der Waals surface area contributed by atoms with Gasteiger partial charge in [0.25, 0.3) is 5.91 Å². The second-order valence-electron chi connectivity index (χ2n) is 3.71. The van der Waals surface area contributed by atoms with E-state index in [-0.39, 0.29) is 12.5 Å². The molecule has 1 atom stereocenters. The highest BCUT2D eigenvalue weighted by Gasteiger charge is 2.05. The highest BCUT2D eigenvalue weighted by molar-refractivity contribution is 9.10. The maximum atomic E-state index is 11.4. The van der Waals surface area contributed by atoms with Gasteiger partial charge in [-0.1, -0.05) is 12.1 Å². The van der Waals surface area contributed by atoms with Gasteiger partial charge in [0, 0.05) is 6.54 Å². The minimum Gasteiger partial charge on any atom is -0.483 e. The predicted octanol–water partition coefficient (Wildman–Crippen LogP) is 1.71. The number of carbonyl (C=O) groups excluding carboxylic acids is 1. The summed E-state index contributed by atoms with van der Waals surface area (Å²) >= 11 is 3.33. The van der Waals surface area contributed by atoms with E-state index >= 15 is 0 Å². The molecule has 4 nitrogen and oxygen atoms in total. The summed E-state index contributed by atoms with van der Waals surface area (Å²) in [6, 6.07) is 7.35. The van der Waals surface area contributed by atoms with E-state index < -0.39 is 6.10 Å². The fourth-order valence-corrected chi connectivity index (χ4v) is 1.58. The first-order valence-corrected chi connectivity index (χ1v) is 6.21. The normalized spacial score (nSPS) is 11.9. The third kappa shape index (κ3) is 5.70. The van der Waals surface area contributed by atoms with Crippen molar-refractivity contribution >= 4 is 21.8 Å². The molecule has 94 valence electrons. The van der Waals surface area contributed by atoms with E-state index in [2.05, 4.69) is 21.2 Å². The summed E-state index contributed by atoms with van der Waals surface area (Å²) in [6.45, 7) is 2.11. The first-order chi connectivity index (χ1) is 8.09. The van der Waals surface area contributed by atoms with Crippen LogP contribution in [0, 0.1) is 0 Å². The second-order valence-corrected chi connectivity index (χ2v) is 4.56. The Hall–Kier alpha value is -1.07. The van der Waals surface area contributed by atoms with Crippen LogP contribution in [0.1, 0.15) is 13.3 Å². The lowest BCUT2D eigenvalue weighted by Gasteiger charge is -2.09. The third-order valence-electron chi connectivity index (χ3n) is 2.08. The van der Waals surface area contributed by atoms with Crippen molar-refractivity contribution in [1.29, 1.82) is 0 Å². The SMILES string of the molecule is CC(O)CCNC(=O)COc1ccccc1Br. The maximum Gasteiger partial charge on any atom is 0.257 e. The number of halogens is 1. The minimum absolute atomic E-state index is 0.0254. The molecule has 0 heterocycles. The number of aliphatic hydroxyl groups excluding tert-OH is 1. The molecule has 0 aliphatic heterocycles. The number of rotatable bonds is 6. The summed E-state index contributed by atoms with van der Waals surface area (Å²) in [5.74, 6) is 0.444. The molecule has 0 aromatic heterocycles. The zero-order valence-electron chi connectivity index (χ0n) is 9.65. The lowest BCUT2D eigenvalue weighted by Crippen LogP contribution is -2.31. The van der Waals surface area contributed by atoms with Gasteiger partial charge in [-0.15, -0.1) is 0 Å². The van der Waals surface area contributed by atoms with E-state index in [1.54, 1.807) is 13.0 Å². The molecule has 17 heavy (non-hydrogen) atoms. The van der Waals surface area contributed by atoms with Crippen LogP contribution < -0.4 is 10.1 Å². The molecule has 1 rings (SSSR count). The van der Waals surface area contributed by atoms with Crippen molar-refractivity contribution < 1.29 is 14.6 Å². The van der Waals surface area contributed by atoms with Crippen LogP contribution in [-0.2, 0) is 4.79 Å². The van der Waals surface area contributed by atoms with Gasteiger partial charge >= 0.3 is 0 Å². The van der Waals surface area contributed by atoms with Crippen LogP contribution >= 0.6 is 15.9 Å². The zero-order valence-corrected chi connectivity index (χ0v) is 11.2. The van der Waals surface area contributed by atoms with Gasteiger partial charge in [-0.05, 0) is 41.4 Å². The summed E-state index contributed by atoms with van der Waals surface area (Å²) in [5, 5.41) is 11.7. The van der Waals surface area contributed by atoms with Gasteiger partial charge in [-0.3, -0.25) is 4.79 Å². The zero-order chi connectivity index (χ0) is 12.7. The quantitative estimate of drug-likeness (QED) is 0.841. The van der Waals surface area contributed by atoms with Gasteiger partial charge in [0.1, 0.15) is 5.75 Å². The Balaban J connectivity index is 2.26. The van der Waals surface area contributed by atoms with E-state index in [9.17, 15) is 4.79 Å². The van der Waals surface area contributed by atoms with E-state index in [4.69, 9.17) is 9.84 Å². The molecule has 0 saturated heterocycles. The number of aliphatic hydroxyl groups is 1. The summed E-state index contributed by atoms with van der Waals surface area (Å²) in [7, 11) is 0. The molecule has 2 N–H and O–H groups in total. The van der Waals surface area contributed by atoms with Crippen LogP contribution in [0.15, 0.2) is 28.7 Å². The molecular weight excluding hydrogens is 286 g/mol. The number of nitrogens with one attached hydrogen (secondary N) is 1. The van der Waals surface area contributed by atoms with Crippen LogP contribution in [0.25, 0.3) is 0 Å². The third-order valence-corrected chi connectivity index (χ3v) is 2.73. The Bertz CT molecular complexity index is 369. The largest absolute Gasteiger partial charge is 0.483 e. The topological polar surface area (TPSA) is 58.6 Å². The maximum absolute atomic E-state index is 11.4. The summed E-state index contributed by atoms with van der Waals surface area (Å²) in [5.41, 5.74) is 0. The van der Waals surface area contributed by atoms with Gasteiger partial charge in [-0.25, -0.2) is 0 Å². The number of para-hydroxylation sites is 1. The molecule has 0 saturated carbocycles. The van der Waals surface area contributed by atoms with Crippen molar-refractivity contribution in [2.24, 2.45) is 0 Å². The van der Waals surface area contributed by atoms with E-state index in [0.717, 1.165) is 4.47 Å². The van der Waals surface area contributed by atoms with Crippen molar-refractivity contribution in [2.45, 2.75) is 19.4 Å². The van der Waals surface area contributed by atoms with Gasteiger partial charge < -0.3 is 15.2 Å². The number of hydrogen-bond acceptors (Lipinski definition) is 3. The molecule has 1 unspecified atom stereocenters. The van der Waals surface area contributed by atoms with Gasteiger partial charge in [-0.2, -0.15) is 0 Å². The smallest absolute Gasteiger partial charge is 0.257 e. The molecule has 0 bridgehead atoms. The molecule has 0 aliphatic rings. The standard InChI is InChI=1S/C12H16BrNO3/c1-9(15)6-7-14-12(16)8-17-11-5-3-2-4-10(11)13/h2-5,9,15H,6-8H2,1H3,(H,14,16). The molecule has 0 fully saturated rings. The molecular formula is C12H16BrNO3. The van der Waals surface area contributed by atoms with Crippen LogP contribution in [-0.4, -0.2) is 30.3 Å². The van der Waals surface area contributed by atoms with Gasteiger partial charge in [0.15, 0.2) is 6.61 Å². The first-order valence-electron chi connectivity index (χ1n) is 5.41. The molecule has 1 aromatic rings. The van der Waals surface area contributed by atoms with E-state index in [1.807, 2.05) is 18.2 Å². The Morgan fingerprint density at radius 3 is 2.88 bits per heavy atom. The van der Waals surface area contributed by atoms with Crippen molar-refractivity contribution in [3.63, 3.8) is 0 Å². The van der Waals surface area contributed by atoms with Crippen molar-refractivity contribution in [2.75, 3.05) is 13.2 Å². The van der Waals surface area contributed by atoms with E-state index in [0.29, 0.717) is 18.7 Å². The van der Waals surface area contributed by atoms with Crippen molar-refractivity contribution in [3.05, 3.63) is 28.7 Å².